The molecule has 0 radical (unpaired) electrons. The molecule has 168 valence electrons. The summed E-state index contributed by atoms with van der Waals surface area (Å²) < 4.78 is 1.64. The van der Waals surface area contributed by atoms with Crippen molar-refractivity contribution in [3.8, 4) is 6.07 Å². The van der Waals surface area contributed by atoms with Crippen LogP contribution in [0.25, 0.3) is 0 Å². The molecule has 9 nitrogen and oxygen atoms in total. The van der Waals surface area contributed by atoms with E-state index in [1.165, 1.54) is 0 Å². The number of aromatic nitrogens is 2. The van der Waals surface area contributed by atoms with Crippen LogP contribution in [0.5, 0.6) is 0 Å². The molecule has 9 heteroatoms. The second-order valence-electron chi connectivity index (χ2n) is 8.75. The fourth-order valence-electron chi connectivity index (χ4n) is 4.26. The van der Waals surface area contributed by atoms with Crippen LogP contribution >= 0.6 is 0 Å². The first kappa shape index (κ1) is 22.0. The lowest BCUT2D eigenvalue weighted by molar-refractivity contribution is -0.117. The summed E-state index contributed by atoms with van der Waals surface area (Å²) in [7, 11) is 0. The van der Waals surface area contributed by atoms with Gasteiger partial charge in [-0.05, 0) is 31.2 Å². The van der Waals surface area contributed by atoms with E-state index >= 15 is 0 Å². The zero-order chi connectivity index (χ0) is 22.7. The number of primary amides is 1. The Labute approximate surface area is 186 Å². The van der Waals surface area contributed by atoms with Gasteiger partial charge in [-0.2, -0.15) is 10.4 Å². The van der Waals surface area contributed by atoms with Gasteiger partial charge < -0.3 is 21.1 Å². The van der Waals surface area contributed by atoms with Crippen molar-refractivity contribution in [2.75, 3.05) is 25.0 Å². The van der Waals surface area contributed by atoms with E-state index in [0.717, 1.165) is 18.4 Å². The summed E-state index contributed by atoms with van der Waals surface area (Å²) in [4.78, 5) is 26.3. The van der Waals surface area contributed by atoms with Gasteiger partial charge in [0.2, 0.25) is 5.91 Å². The van der Waals surface area contributed by atoms with E-state index in [2.05, 4.69) is 21.4 Å². The third-order valence-corrected chi connectivity index (χ3v) is 6.47. The molecule has 0 bridgehead atoms. The first-order valence-corrected chi connectivity index (χ1v) is 10.9. The van der Waals surface area contributed by atoms with Crippen molar-refractivity contribution in [2.45, 2.75) is 43.7 Å². The monoisotopic (exact) mass is 436 g/mol. The molecule has 1 aromatic carbocycles. The van der Waals surface area contributed by atoms with Crippen LogP contribution in [0.4, 0.5) is 5.82 Å². The molecule has 2 heterocycles. The fourth-order valence-corrected chi connectivity index (χ4v) is 4.26. The molecule has 1 saturated heterocycles. The highest BCUT2D eigenvalue weighted by atomic mass is 16.3. The van der Waals surface area contributed by atoms with E-state index in [1.807, 2.05) is 30.3 Å². The van der Waals surface area contributed by atoms with Crippen molar-refractivity contribution in [2.24, 2.45) is 11.7 Å². The van der Waals surface area contributed by atoms with Gasteiger partial charge in [-0.3, -0.25) is 14.3 Å². The van der Waals surface area contributed by atoms with Gasteiger partial charge in [0.1, 0.15) is 5.56 Å². The number of likely N-dealkylation sites (tertiary alicyclic amines) is 1. The molecule has 2 amide bonds. The van der Waals surface area contributed by atoms with Gasteiger partial charge in [0.15, 0.2) is 5.82 Å². The number of aliphatic hydroxyl groups excluding tert-OH is 1. The summed E-state index contributed by atoms with van der Waals surface area (Å²) >= 11 is 0. The van der Waals surface area contributed by atoms with Crippen LogP contribution in [0.3, 0.4) is 0 Å². The summed E-state index contributed by atoms with van der Waals surface area (Å²) in [6.45, 7) is 1.84. The lowest BCUT2D eigenvalue weighted by atomic mass is 9.84. The number of piperidine rings is 1. The summed E-state index contributed by atoms with van der Waals surface area (Å²) in [6.07, 6.45) is 4.10. The number of nitrogens with two attached hydrogens (primary N) is 1. The summed E-state index contributed by atoms with van der Waals surface area (Å²) in [5, 5.41) is 27.3. The van der Waals surface area contributed by atoms with Crippen LogP contribution in [0.2, 0.25) is 0 Å². The van der Waals surface area contributed by atoms with Crippen molar-refractivity contribution in [3.05, 3.63) is 47.7 Å². The SMILES string of the molecule is N#CCC1(n2cc(C(N)=O)c(NC(=O)C3CC3)n2)CCN(CC(O)c2ccccc2)CC1. The quantitative estimate of drug-likeness (QED) is 0.577. The minimum Gasteiger partial charge on any atom is -0.387 e. The highest BCUT2D eigenvalue weighted by molar-refractivity contribution is 6.02. The molecular weight excluding hydrogens is 408 g/mol. The van der Waals surface area contributed by atoms with Gasteiger partial charge in [0.25, 0.3) is 5.91 Å². The van der Waals surface area contributed by atoms with Gasteiger partial charge >= 0.3 is 0 Å². The van der Waals surface area contributed by atoms with E-state index in [-0.39, 0.29) is 29.6 Å². The number of hydrogen-bond donors (Lipinski definition) is 3. The smallest absolute Gasteiger partial charge is 0.254 e. The molecular formula is C23H28N6O3. The highest BCUT2D eigenvalue weighted by Crippen LogP contribution is 2.36. The van der Waals surface area contributed by atoms with E-state index in [4.69, 9.17) is 5.73 Å². The molecule has 1 unspecified atom stereocenters. The maximum Gasteiger partial charge on any atom is 0.254 e. The standard InChI is InChI=1S/C23H28N6O3/c24-11-8-23(9-12-28(13-10-23)15-19(30)16-4-2-1-3-5-16)29-14-18(20(25)31)21(27-29)26-22(32)17-6-7-17/h1-5,14,17,19,30H,6-10,12-13,15H2,(H2,25,31)(H,26,27,32). The largest absolute Gasteiger partial charge is 0.387 e. The second-order valence-corrected chi connectivity index (χ2v) is 8.75. The van der Waals surface area contributed by atoms with Crippen molar-refractivity contribution in [1.29, 1.82) is 5.26 Å². The number of benzene rings is 1. The number of aliphatic hydroxyl groups is 1. The first-order chi connectivity index (χ1) is 15.4. The molecule has 1 saturated carbocycles. The van der Waals surface area contributed by atoms with E-state index in [0.29, 0.717) is 32.5 Å². The fraction of sp³-hybridized carbons (Fsp3) is 0.478. The maximum atomic E-state index is 12.2. The molecule has 0 spiro atoms. The third kappa shape index (κ3) is 4.66. The van der Waals surface area contributed by atoms with Crippen molar-refractivity contribution >= 4 is 17.6 Å². The Morgan fingerprint density at radius 1 is 1.28 bits per heavy atom. The lowest BCUT2D eigenvalue weighted by Crippen LogP contribution is -2.47. The van der Waals surface area contributed by atoms with Crippen molar-refractivity contribution in [3.63, 3.8) is 0 Å². The molecule has 32 heavy (non-hydrogen) atoms. The van der Waals surface area contributed by atoms with Gasteiger partial charge in [-0.25, -0.2) is 0 Å². The molecule has 1 aromatic heterocycles. The molecule has 2 aromatic rings. The number of hydrogen-bond acceptors (Lipinski definition) is 6. The lowest BCUT2D eigenvalue weighted by Gasteiger charge is -2.41. The average Bonchev–Trinajstić information content (AvgIpc) is 3.56. The number of carbonyl (C=O) groups excluding carboxylic acids is 2. The number of β-amino-alcohol motifs (C(OH)–C–C–N with tert-alkyl or cyclic N) is 1. The maximum absolute atomic E-state index is 12.2. The van der Waals surface area contributed by atoms with Gasteiger partial charge in [0.05, 0.1) is 24.1 Å². The Balaban J connectivity index is 1.49. The van der Waals surface area contributed by atoms with Crippen LogP contribution in [-0.2, 0) is 10.3 Å². The summed E-state index contributed by atoms with van der Waals surface area (Å²) in [5.74, 6) is -0.698. The Kier molecular flexibility index (Phi) is 6.26. The van der Waals surface area contributed by atoms with Crippen molar-refractivity contribution < 1.29 is 14.7 Å². The van der Waals surface area contributed by atoms with Gasteiger partial charge in [0, 0.05) is 31.7 Å². The van der Waals surface area contributed by atoms with Crippen LogP contribution in [0, 0.1) is 17.2 Å². The molecule has 1 aliphatic carbocycles. The molecule has 1 atom stereocenters. The highest BCUT2D eigenvalue weighted by Gasteiger charge is 2.39. The molecule has 4 N–H and O–H groups in total. The van der Waals surface area contributed by atoms with Gasteiger partial charge in [-0.1, -0.05) is 30.3 Å². The molecule has 2 aliphatic rings. The Morgan fingerprint density at radius 3 is 2.56 bits per heavy atom. The number of rotatable bonds is 8. The Bertz CT molecular complexity index is 1020. The Hall–Kier alpha value is -3.22. The van der Waals surface area contributed by atoms with Crippen LogP contribution in [0.1, 0.15) is 54.1 Å². The van der Waals surface area contributed by atoms with Crippen LogP contribution < -0.4 is 11.1 Å². The molecule has 1 aliphatic heterocycles. The minimum atomic E-state index is -0.669. The number of nitriles is 1. The topological polar surface area (TPSA) is 137 Å². The predicted octanol–water partition coefficient (Wildman–Crippen LogP) is 1.77. The zero-order valence-electron chi connectivity index (χ0n) is 17.9. The van der Waals surface area contributed by atoms with E-state index in [9.17, 15) is 20.0 Å². The Morgan fingerprint density at radius 2 is 1.97 bits per heavy atom. The predicted molar refractivity (Wildman–Crippen MR) is 117 cm³/mol. The average molecular weight is 437 g/mol. The second kappa shape index (κ2) is 9.10. The van der Waals surface area contributed by atoms with Crippen LogP contribution in [0.15, 0.2) is 36.5 Å². The number of nitrogens with one attached hydrogen (secondary N) is 1. The molecule has 2 fully saturated rings. The summed E-state index contributed by atoms with van der Waals surface area (Å²) in [5.41, 5.74) is 5.95. The minimum absolute atomic E-state index is 0.0340. The third-order valence-electron chi connectivity index (χ3n) is 6.47. The molecule has 4 rings (SSSR count). The van der Waals surface area contributed by atoms with Gasteiger partial charge in [-0.15, -0.1) is 0 Å². The first-order valence-electron chi connectivity index (χ1n) is 10.9. The number of amides is 2. The number of nitrogens with zero attached hydrogens (tertiary/aromatic N) is 4. The van der Waals surface area contributed by atoms with Crippen molar-refractivity contribution in [1.82, 2.24) is 14.7 Å². The number of anilines is 1. The summed E-state index contributed by atoms with van der Waals surface area (Å²) in [6, 6.07) is 11.8. The van der Waals surface area contributed by atoms with E-state index in [1.54, 1.807) is 10.9 Å². The number of carbonyl (C=O) groups is 2. The van der Waals surface area contributed by atoms with E-state index < -0.39 is 17.6 Å². The normalized spacial score (nSPS) is 19.1. The van der Waals surface area contributed by atoms with Crippen LogP contribution in [-0.4, -0.2) is 51.2 Å². The zero-order valence-corrected chi connectivity index (χ0v) is 17.9.